The van der Waals surface area contributed by atoms with Gasteiger partial charge in [0, 0.05) is 11.6 Å². The number of amides is 1. The van der Waals surface area contributed by atoms with Crippen LogP contribution < -0.4 is 5.32 Å². The predicted molar refractivity (Wildman–Crippen MR) is 109 cm³/mol. The summed E-state index contributed by atoms with van der Waals surface area (Å²) in [4.78, 5) is 12.8. The van der Waals surface area contributed by atoms with Crippen molar-refractivity contribution < 1.29 is 13.2 Å². The summed E-state index contributed by atoms with van der Waals surface area (Å²) in [6.45, 7) is 6.39. The van der Waals surface area contributed by atoms with Gasteiger partial charge in [-0.3, -0.25) is 4.79 Å². The summed E-state index contributed by atoms with van der Waals surface area (Å²) < 4.78 is 25.1. The molecule has 0 radical (unpaired) electrons. The van der Waals surface area contributed by atoms with E-state index in [4.69, 9.17) is 0 Å². The van der Waals surface area contributed by atoms with Crippen molar-refractivity contribution in [1.82, 2.24) is 5.32 Å². The van der Waals surface area contributed by atoms with Gasteiger partial charge >= 0.3 is 0 Å². The van der Waals surface area contributed by atoms with Crippen LogP contribution in [0.3, 0.4) is 0 Å². The first-order valence-electron chi connectivity index (χ1n) is 9.45. The number of carbonyl (C=O) groups is 1. The predicted octanol–water partition coefficient (Wildman–Crippen LogP) is 4.61. The Morgan fingerprint density at radius 3 is 2.33 bits per heavy atom. The lowest BCUT2D eigenvalue weighted by Crippen LogP contribution is -2.32. The molecule has 0 bridgehead atoms. The van der Waals surface area contributed by atoms with E-state index >= 15 is 0 Å². The minimum atomic E-state index is -3.43. The van der Waals surface area contributed by atoms with Gasteiger partial charge in [-0.1, -0.05) is 57.0 Å². The molecule has 1 amide bonds. The smallest absolute Gasteiger partial charge is 0.251 e. The maximum absolute atomic E-state index is 12.5. The Balaban J connectivity index is 2.01. The molecule has 0 aromatic heterocycles. The van der Waals surface area contributed by atoms with E-state index < -0.39 is 9.84 Å². The number of benzene rings is 2. The molecule has 0 aliphatic heterocycles. The zero-order chi connectivity index (χ0) is 19.9. The molecule has 0 unspecified atom stereocenters. The van der Waals surface area contributed by atoms with E-state index in [1.165, 1.54) is 0 Å². The highest BCUT2D eigenvalue weighted by atomic mass is 32.2. The van der Waals surface area contributed by atoms with Crippen LogP contribution in [0.15, 0.2) is 59.5 Å². The molecule has 146 valence electrons. The molecule has 2 rings (SSSR count). The highest BCUT2D eigenvalue weighted by molar-refractivity contribution is 7.90. The molecule has 2 aromatic rings. The molecule has 27 heavy (non-hydrogen) atoms. The van der Waals surface area contributed by atoms with Gasteiger partial charge in [0.25, 0.3) is 5.91 Å². The molecular formula is C22H29NO3S. The molecule has 0 heterocycles. The molecule has 1 atom stereocenters. The highest BCUT2D eigenvalue weighted by Gasteiger charge is 2.16. The summed E-state index contributed by atoms with van der Waals surface area (Å²) >= 11 is 0. The molecule has 1 N–H and O–H groups in total. The number of hydrogen-bond donors (Lipinski definition) is 1. The van der Waals surface area contributed by atoms with Crippen molar-refractivity contribution in [3.63, 3.8) is 0 Å². The van der Waals surface area contributed by atoms with E-state index in [0.29, 0.717) is 21.9 Å². The summed E-state index contributed by atoms with van der Waals surface area (Å²) in [5.74, 6) is 0.379. The fourth-order valence-electron chi connectivity index (χ4n) is 2.94. The largest absolute Gasteiger partial charge is 0.350 e. The third-order valence-corrected chi connectivity index (χ3v) is 6.15. The molecule has 0 spiro atoms. The van der Waals surface area contributed by atoms with Gasteiger partial charge in [-0.15, -0.1) is 0 Å². The molecular weight excluding hydrogens is 358 g/mol. The fourth-order valence-corrected chi connectivity index (χ4v) is 4.30. The van der Waals surface area contributed by atoms with Crippen LogP contribution in [0.5, 0.6) is 0 Å². The van der Waals surface area contributed by atoms with Gasteiger partial charge in [0.15, 0.2) is 9.84 Å². The Morgan fingerprint density at radius 2 is 1.67 bits per heavy atom. The monoisotopic (exact) mass is 387 g/mol. The first kappa shape index (κ1) is 21.2. The molecule has 2 aromatic carbocycles. The number of hydrogen-bond acceptors (Lipinski definition) is 3. The van der Waals surface area contributed by atoms with Crippen molar-refractivity contribution in [2.24, 2.45) is 5.92 Å². The van der Waals surface area contributed by atoms with Crippen molar-refractivity contribution in [2.75, 3.05) is 0 Å². The highest BCUT2D eigenvalue weighted by Crippen LogP contribution is 2.17. The van der Waals surface area contributed by atoms with Gasteiger partial charge in [0.05, 0.1) is 10.6 Å². The lowest BCUT2D eigenvalue weighted by molar-refractivity contribution is 0.0937. The quantitative estimate of drug-likeness (QED) is 0.684. The second kappa shape index (κ2) is 9.70. The van der Waals surface area contributed by atoms with E-state index in [1.807, 2.05) is 6.92 Å². The van der Waals surface area contributed by atoms with Gasteiger partial charge in [-0.2, -0.15) is 0 Å². The number of rotatable bonds is 9. The van der Waals surface area contributed by atoms with Crippen molar-refractivity contribution >= 4 is 15.7 Å². The topological polar surface area (TPSA) is 63.2 Å². The van der Waals surface area contributed by atoms with E-state index in [1.54, 1.807) is 54.6 Å². The zero-order valence-corrected chi connectivity index (χ0v) is 17.1. The summed E-state index contributed by atoms with van der Waals surface area (Å²) in [5, 5.41) is 3.00. The van der Waals surface area contributed by atoms with E-state index in [-0.39, 0.29) is 17.7 Å². The van der Waals surface area contributed by atoms with E-state index in [0.717, 1.165) is 19.3 Å². The van der Waals surface area contributed by atoms with Crippen LogP contribution in [0.2, 0.25) is 0 Å². The van der Waals surface area contributed by atoms with Crippen LogP contribution in [-0.2, 0) is 15.6 Å². The standard InChI is InChI=1S/C22H29NO3S/c1-17(2)9-7-10-18(3)23-22(24)20-12-8-11-19(15-20)16-27(25,26)21-13-5-4-6-14-21/h4-6,8,11-15,17-18H,7,9-10,16H2,1-3H3,(H,23,24)/t18-/m0/s1. The molecule has 0 aliphatic rings. The van der Waals surface area contributed by atoms with Crippen molar-refractivity contribution in [2.45, 2.75) is 56.7 Å². The first-order chi connectivity index (χ1) is 12.8. The maximum atomic E-state index is 12.5. The third kappa shape index (κ3) is 6.83. The average Bonchev–Trinajstić information content (AvgIpc) is 2.62. The number of carbonyl (C=O) groups excluding carboxylic acids is 1. The minimum absolute atomic E-state index is 0.0907. The summed E-state index contributed by atoms with van der Waals surface area (Å²) in [6.07, 6.45) is 3.16. The normalized spacial score (nSPS) is 12.7. The zero-order valence-electron chi connectivity index (χ0n) is 16.3. The lowest BCUT2D eigenvalue weighted by atomic mass is 10.0. The first-order valence-corrected chi connectivity index (χ1v) is 11.1. The van der Waals surface area contributed by atoms with Gasteiger partial charge in [0.1, 0.15) is 0 Å². The van der Waals surface area contributed by atoms with Crippen LogP contribution in [0.1, 0.15) is 56.0 Å². The van der Waals surface area contributed by atoms with E-state index in [9.17, 15) is 13.2 Å². The van der Waals surface area contributed by atoms with Crippen LogP contribution >= 0.6 is 0 Å². The van der Waals surface area contributed by atoms with Gasteiger partial charge < -0.3 is 5.32 Å². The van der Waals surface area contributed by atoms with Crippen molar-refractivity contribution in [3.05, 3.63) is 65.7 Å². The number of sulfone groups is 1. The summed E-state index contributed by atoms with van der Waals surface area (Å²) in [6, 6.07) is 15.3. The van der Waals surface area contributed by atoms with Gasteiger partial charge in [-0.05, 0) is 49.1 Å². The summed E-state index contributed by atoms with van der Waals surface area (Å²) in [5.41, 5.74) is 1.10. The Kier molecular flexibility index (Phi) is 7.60. The summed E-state index contributed by atoms with van der Waals surface area (Å²) in [7, 11) is -3.43. The lowest BCUT2D eigenvalue weighted by Gasteiger charge is -2.15. The molecule has 0 saturated heterocycles. The van der Waals surface area contributed by atoms with Crippen molar-refractivity contribution in [3.8, 4) is 0 Å². The Morgan fingerprint density at radius 1 is 0.963 bits per heavy atom. The maximum Gasteiger partial charge on any atom is 0.251 e. The molecule has 0 aliphatic carbocycles. The van der Waals surface area contributed by atoms with Crippen LogP contribution in [0.25, 0.3) is 0 Å². The van der Waals surface area contributed by atoms with Gasteiger partial charge in [-0.25, -0.2) is 8.42 Å². The molecule has 0 fully saturated rings. The molecule has 0 saturated carbocycles. The number of nitrogens with one attached hydrogen (secondary N) is 1. The fraction of sp³-hybridized carbons (Fsp3) is 0.409. The van der Waals surface area contributed by atoms with E-state index in [2.05, 4.69) is 19.2 Å². The van der Waals surface area contributed by atoms with Crippen molar-refractivity contribution in [1.29, 1.82) is 0 Å². The Bertz CT molecular complexity index is 845. The third-order valence-electron chi connectivity index (χ3n) is 4.44. The second-order valence-corrected chi connectivity index (χ2v) is 9.46. The van der Waals surface area contributed by atoms with Crippen LogP contribution in [0, 0.1) is 5.92 Å². The Labute approximate surface area is 162 Å². The molecule has 5 heteroatoms. The minimum Gasteiger partial charge on any atom is -0.350 e. The SMILES string of the molecule is CC(C)CCC[C@H](C)NC(=O)c1cccc(CS(=O)(=O)c2ccccc2)c1. The Hall–Kier alpha value is -2.14. The average molecular weight is 388 g/mol. The van der Waals surface area contributed by atoms with Crippen LogP contribution in [-0.4, -0.2) is 20.4 Å². The van der Waals surface area contributed by atoms with Crippen LogP contribution in [0.4, 0.5) is 0 Å². The second-order valence-electron chi connectivity index (χ2n) is 7.47. The van der Waals surface area contributed by atoms with Gasteiger partial charge in [0.2, 0.25) is 0 Å². The molecule has 4 nitrogen and oxygen atoms in total.